The lowest BCUT2D eigenvalue weighted by molar-refractivity contribution is -0.119. The number of rotatable bonds is 12. The van der Waals surface area contributed by atoms with E-state index in [9.17, 15) is 13.2 Å². The van der Waals surface area contributed by atoms with Crippen LogP contribution in [-0.4, -0.2) is 41.1 Å². The van der Waals surface area contributed by atoms with Gasteiger partial charge >= 0.3 is 0 Å². The van der Waals surface area contributed by atoms with E-state index in [1.54, 1.807) is 42.5 Å². The quantitative estimate of drug-likeness (QED) is 0.394. The summed E-state index contributed by atoms with van der Waals surface area (Å²) in [6, 6.07) is 22.6. The standard InChI is InChI=1S/C26H30N2O5S/c1-3-33-23-16-14-21(15-17-23)9-8-18-27-26(29)20-28(22-10-7-11-24(19-22)32-2)34(30,31)25-12-5-4-6-13-25/h4-7,10-17,19H,3,8-9,18,20H2,1-2H3,(H,27,29). The third kappa shape index (κ3) is 6.74. The molecule has 180 valence electrons. The highest BCUT2D eigenvalue weighted by Gasteiger charge is 2.27. The van der Waals surface area contributed by atoms with E-state index in [1.807, 2.05) is 31.2 Å². The lowest BCUT2D eigenvalue weighted by atomic mass is 10.1. The Morgan fingerprint density at radius 1 is 0.941 bits per heavy atom. The second kappa shape index (κ2) is 12.1. The summed E-state index contributed by atoms with van der Waals surface area (Å²) in [6.07, 6.45) is 1.51. The van der Waals surface area contributed by atoms with Crippen molar-refractivity contribution < 1.29 is 22.7 Å². The molecule has 0 spiro atoms. The van der Waals surface area contributed by atoms with E-state index in [1.165, 1.54) is 19.2 Å². The van der Waals surface area contributed by atoms with Crippen molar-refractivity contribution in [1.82, 2.24) is 5.32 Å². The molecule has 3 aromatic rings. The maximum Gasteiger partial charge on any atom is 0.264 e. The number of carbonyl (C=O) groups is 1. The first-order valence-electron chi connectivity index (χ1n) is 11.1. The van der Waals surface area contributed by atoms with Crippen LogP contribution in [0, 0.1) is 0 Å². The lowest BCUT2D eigenvalue weighted by Gasteiger charge is -2.24. The summed E-state index contributed by atoms with van der Waals surface area (Å²) in [7, 11) is -2.45. The van der Waals surface area contributed by atoms with E-state index in [4.69, 9.17) is 9.47 Å². The summed E-state index contributed by atoms with van der Waals surface area (Å²) in [5.74, 6) is 0.951. The molecule has 7 nitrogen and oxygen atoms in total. The fourth-order valence-electron chi connectivity index (χ4n) is 3.43. The van der Waals surface area contributed by atoms with Gasteiger partial charge in [-0.3, -0.25) is 9.10 Å². The average molecular weight is 483 g/mol. The van der Waals surface area contributed by atoms with Crippen LogP contribution in [0.1, 0.15) is 18.9 Å². The van der Waals surface area contributed by atoms with Gasteiger partial charge in [-0.05, 0) is 61.7 Å². The van der Waals surface area contributed by atoms with Crippen molar-refractivity contribution in [1.29, 1.82) is 0 Å². The van der Waals surface area contributed by atoms with Crippen molar-refractivity contribution in [3.8, 4) is 11.5 Å². The Bertz CT molecular complexity index is 1170. The molecule has 0 heterocycles. The summed E-state index contributed by atoms with van der Waals surface area (Å²) in [6.45, 7) is 2.66. The largest absolute Gasteiger partial charge is 0.497 e. The van der Waals surface area contributed by atoms with E-state index < -0.39 is 10.0 Å². The third-order valence-corrected chi connectivity index (χ3v) is 6.95. The van der Waals surface area contributed by atoms with Gasteiger partial charge < -0.3 is 14.8 Å². The van der Waals surface area contributed by atoms with Crippen LogP contribution in [0.4, 0.5) is 5.69 Å². The van der Waals surface area contributed by atoms with Gasteiger partial charge in [-0.25, -0.2) is 8.42 Å². The highest BCUT2D eigenvalue weighted by molar-refractivity contribution is 7.92. The third-order valence-electron chi connectivity index (χ3n) is 5.16. The van der Waals surface area contributed by atoms with E-state index in [0.29, 0.717) is 24.6 Å². The fraction of sp³-hybridized carbons (Fsp3) is 0.269. The molecule has 1 amide bonds. The van der Waals surface area contributed by atoms with Crippen LogP contribution in [0.25, 0.3) is 0 Å². The molecule has 0 bridgehead atoms. The summed E-state index contributed by atoms with van der Waals surface area (Å²) in [5.41, 5.74) is 1.50. The maximum atomic E-state index is 13.4. The number of nitrogens with one attached hydrogen (secondary N) is 1. The van der Waals surface area contributed by atoms with Crippen molar-refractivity contribution in [2.24, 2.45) is 0 Å². The van der Waals surface area contributed by atoms with Gasteiger partial charge in [-0.2, -0.15) is 0 Å². The van der Waals surface area contributed by atoms with Crippen molar-refractivity contribution in [3.05, 3.63) is 84.4 Å². The molecule has 0 radical (unpaired) electrons. The molecule has 3 rings (SSSR count). The minimum Gasteiger partial charge on any atom is -0.497 e. The molecule has 8 heteroatoms. The zero-order valence-electron chi connectivity index (χ0n) is 19.4. The Hall–Kier alpha value is -3.52. The molecule has 0 aliphatic rings. The molecule has 0 unspecified atom stereocenters. The number of hydrogen-bond donors (Lipinski definition) is 1. The first kappa shape index (κ1) is 25.1. The molecule has 34 heavy (non-hydrogen) atoms. The second-order valence-electron chi connectivity index (χ2n) is 7.56. The molecule has 0 saturated heterocycles. The van der Waals surface area contributed by atoms with Gasteiger partial charge in [0.25, 0.3) is 10.0 Å². The summed E-state index contributed by atoms with van der Waals surface area (Å²) in [4.78, 5) is 12.8. The number of carbonyl (C=O) groups excluding carboxylic acids is 1. The Labute approximate surface area is 201 Å². The number of methoxy groups -OCH3 is 1. The Balaban J connectivity index is 1.65. The first-order valence-corrected chi connectivity index (χ1v) is 12.6. The van der Waals surface area contributed by atoms with Gasteiger partial charge in [0.1, 0.15) is 18.0 Å². The van der Waals surface area contributed by atoms with Gasteiger partial charge in [0.2, 0.25) is 5.91 Å². The van der Waals surface area contributed by atoms with Gasteiger partial charge in [0.15, 0.2) is 0 Å². The van der Waals surface area contributed by atoms with Crippen molar-refractivity contribution in [3.63, 3.8) is 0 Å². The zero-order valence-corrected chi connectivity index (χ0v) is 20.3. The minimum absolute atomic E-state index is 0.112. The molecular formula is C26H30N2O5S. The van der Waals surface area contributed by atoms with E-state index >= 15 is 0 Å². The molecule has 0 aliphatic carbocycles. The van der Waals surface area contributed by atoms with Crippen LogP contribution in [0.2, 0.25) is 0 Å². The SMILES string of the molecule is CCOc1ccc(CCCNC(=O)CN(c2cccc(OC)c2)S(=O)(=O)c2ccccc2)cc1. The van der Waals surface area contributed by atoms with Crippen molar-refractivity contribution in [2.45, 2.75) is 24.7 Å². The Kier molecular flexibility index (Phi) is 8.93. The topological polar surface area (TPSA) is 84.9 Å². The number of sulfonamides is 1. The van der Waals surface area contributed by atoms with Crippen molar-refractivity contribution in [2.75, 3.05) is 31.1 Å². The fourth-order valence-corrected chi connectivity index (χ4v) is 4.86. The van der Waals surface area contributed by atoms with Gasteiger partial charge in [0, 0.05) is 12.6 Å². The van der Waals surface area contributed by atoms with Gasteiger partial charge in [0.05, 0.1) is 24.3 Å². The molecule has 0 saturated carbocycles. The van der Waals surface area contributed by atoms with Gasteiger partial charge in [-0.1, -0.05) is 36.4 Å². The monoisotopic (exact) mass is 482 g/mol. The second-order valence-corrected chi connectivity index (χ2v) is 9.42. The summed E-state index contributed by atoms with van der Waals surface area (Å²) < 4.78 is 38.5. The molecule has 0 fully saturated rings. The molecular weight excluding hydrogens is 452 g/mol. The number of nitrogens with zero attached hydrogens (tertiary/aromatic N) is 1. The number of hydrogen-bond acceptors (Lipinski definition) is 5. The number of ether oxygens (including phenoxy) is 2. The molecule has 3 aromatic carbocycles. The van der Waals surface area contributed by atoms with Crippen LogP contribution < -0.4 is 19.1 Å². The maximum absolute atomic E-state index is 13.4. The number of aryl methyl sites for hydroxylation is 1. The Morgan fingerprint density at radius 2 is 1.68 bits per heavy atom. The molecule has 0 atom stereocenters. The van der Waals surface area contributed by atoms with Crippen LogP contribution >= 0.6 is 0 Å². The van der Waals surface area contributed by atoms with Crippen molar-refractivity contribution >= 4 is 21.6 Å². The van der Waals surface area contributed by atoms with Crippen LogP contribution in [0.5, 0.6) is 11.5 Å². The minimum atomic E-state index is -3.95. The highest BCUT2D eigenvalue weighted by atomic mass is 32.2. The number of benzene rings is 3. The normalized spacial score (nSPS) is 11.0. The predicted octanol–water partition coefficient (Wildman–Crippen LogP) is 4.04. The molecule has 1 N–H and O–H groups in total. The lowest BCUT2D eigenvalue weighted by Crippen LogP contribution is -2.41. The van der Waals surface area contributed by atoms with Crippen LogP contribution in [-0.2, 0) is 21.2 Å². The van der Waals surface area contributed by atoms with E-state index in [0.717, 1.165) is 28.5 Å². The van der Waals surface area contributed by atoms with Crippen LogP contribution in [0.15, 0.2) is 83.8 Å². The first-order chi connectivity index (χ1) is 16.4. The van der Waals surface area contributed by atoms with Crippen LogP contribution in [0.3, 0.4) is 0 Å². The summed E-state index contributed by atoms with van der Waals surface area (Å²) >= 11 is 0. The smallest absolute Gasteiger partial charge is 0.264 e. The number of anilines is 1. The van der Waals surface area contributed by atoms with E-state index in [2.05, 4.69) is 5.32 Å². The highest BCUT2D eigenvalue weighted by Crippen LogP contribution is 2.26. The number of amides is 1. The van der Waals surface area contributed by atoms with E-state index in [-0.39, 0.29) is 17.3 Å². The molecule has 0 aromatic heterocycles. The zero-order chi connectivity index (χ0) is 24.4. The predicted molar refractivity (Wildman–Crippen MR) is 133 cm³/mol. The Morgan fingerprint density at radius 3 is 2.35 bits per heavy atom. The average Bonchev–Trinajstić information content (AvgIpc) is 2.87. The molecule has 0 aliphatic heterocycles. The van der Waals surface area contributed by atoms with Gasteiger partial charge in [-0.15, -0.1) is 0 Å². The summed E-state index contributed by atoms with van der Waals surface area (Å²) in [5, 5.41) is 2.84.